The van der Waals surface area contributed by atoms with Crippen molar-refractivity contribution in [3.05, 3.63) is 0 Å². The Kier molecular flexibility index (Phi) is 4.40. The van der Waals surface area contributed by atoms with Crippen LogP contribution >= 0.6 is 0 Å². The second kappa shape index (κ2) is 5.83. The fraction of sp³-hybridized carbons (Fsp3) is 0.923. The summed E-state index contributed by atoms with van der Waals surface area (Å²) in [5, 5.41) is 19.0. The molecule has 0 bridgehead atoms. The number of nitrogens with zero attached hydrogens (tertiary/aromatic N) is 1. The minimum Gasteiger partial charge on any atom is -0.481 e. The van der Waals surface area contributed by atoms with E-state index in [2.05, 4.69) is 4.90 Å². The van der Waals surface area contributed by atoms with E-state index in [1.54, 1.807) is 0 Å². The lowest BCUT2D eigenvalue weighted by Gasteiger charge is -2.33. The van der Waals surface area contributed by atoms with E-state index in [1.165, 1.54) is 19.3 Å². The summed E-state index contributed by atoms with van der Waals surface area (Å²) in [6.45, 7) is 0.599. The van der Waals surface area contributed by atoms with Crippen molar-refractivity contribution in [1.82, 2.24) is 4.90 Å². The minimum absolute atomic E-state index is 0.194. The zero-order valence-electron chi connectivity index (χ0n) is 10.3. The largest absolute Gasteiger partial charge is 0.481 e. The molecule has 98 valence electrons. The van der Waals surface area contributed by atoms with Crippen molar-refractivity contribution in [2.24, 2.45) is 0 Å². The Bertz CT molecular complexity index is 265. The van der Waals surface area contributed by atoms with E-state index in [4.69, 9.17) is 5.11 Å². The van der Waals surface area contributed by atoms with Crippen LogP contribution in [0.3, 0.4) is 0 Å². The lowest BCUT2D eigenvalue weighted by atomic mass is 10.0. The Balaban J connectivity index is 1.95. The maximum absolute atomic E-state index is 10.7. The number of hydrogen-bond acceptors (Lipinski definition) is 3. The minimum atomic E-state index is -0.737. The Hall–Kier alpha value is -0.610. The van der Waals surface area contributed by atoms with E-state index in [9.17, 15) is 9.90 Å². The van der Waals surface area contributed by atoms with Gasteiger partial charge >= 0.3 is 5.97 Å². The van der Waals surface area contributed by atoms with Gasteiger partial charge in [0.25, 0.3) is 0 Å². The Morgan fingerprint density at radius 2 is 1.82 bits per heavy atom. The van der Waals surface area contributed by atoms with E-state index >= 15 is 0 Å². The molecule has 0 spiro atoms. The van der Waals surface area contributed by atoms with Gasteiger partial charge in [-0.2, -0.15) is 0 Å². The van der Waals surface area contributed by atoms with E-state index < -0.39 is 5.97 Å². The first-order valence-electron chi connectivity index (χ1n) is 6.84. The third-order valence-electron chi connectivity index (χ3n) is 3.97. The molecule has 2 fully saturated rings. The first-order chi connectivity index (χ1) is 8.18. The zero-order valence-corrected chi connectivity index (χ0v) is 10.3. The van der Waals surface area contributed by atoms with Crippen LogP contribution in [0.5, 0.6) is 0 Å². The molecule has 0 heterocycles. The molecule has 2 aliphatic carbocycles. The Morgan fingerprint density at radius 1 is 1.12 bits per heavy atom. The number of hydrogen-bond donors (Lipinski definition) is 2. The van der Waals surface area contributed by atoms with E-state index in [0.29, 0.717) is 12.6 Å². The smallest absolute Gasteiger partial charge is 0.304 e. The lowest BCUT2D eigenvalue weighted by Crippen LogP contribution is -2.45. The molecule has 17 heavy (non-hydrogen) atoms. The van der Waals surface area contributed by atoms with Crippen LogP contribution in [-0.4, -0.2) is 45.8 Å². The second-order valence-electron chi connectivity index (χ2n) is 5.39. The second-order valence-corrected chi connectivity index (χ2v) is 5.39. The maximum atomic E-state index is 10.7. The van der Waals surface area contributed by atoms with Crippen LogP contribution in [0.15, 0.2) is 0 Å². The number of aliphatic carboxylic acids is 1. The lowest BCUT2D eigenvalue weighted by molar-refractivity contribution is -0.137. The molecule has 0 saturated heterocycles. The monoisotopic (exact) mass is 241 g/mol. The van der Waals surface area contributed by atoms with Crippen molar-refractivity contribution in [3.8, 4) is 0 Å². The van der Waals surface area contributed by atoms with Crippen LogP contribution in [0, 0.1) is 0 Å². The first-order valence-corrected chi connectivity index (χ1v) is 6.84. The summed E-state index contributed by atoms with van der Waals surface area (Å²) in [5.41, 5.74) is 0. The SMILES string of the molecule is O=C(O)CCN(C1CC1)C1CCCCCC1O. The summed E-state index contributed by atoms with van der Waals surface area (Å²) in [5.74, 6) is -0.737. The van der Waals surface area contributed by atoms with Gasteiger partial charge in [-0.05, 0) is 25.7 Å². The molecule has 4 heteroatoms. The van der Waals surface area contributed by atoms with Crippen molar-refractivity contribution in [1.29, 1.82) is 0 Å². The molecular formula is C13H23NO3. The number of carbonyl (C=O) groups is 1. The van der Waals surface area contributed by atoms with Crippen LogP contribution in [0.1, 0.15) is 51.4 Å². The average molecular weight is 241 g/mol. The number of aliphatic hydroxyl groups excluding tert-OH is 1. The van der Waals surface area contributed by atoms with Gasteiger partial charge in [0.05, 0.1) is 12.5 Å². The summed E-state index contributed by atoms with van der Waals surface area (Å²) in [6, 6.07) is 0.733. The molecule has 0 aliphatic heterocycles. The predicted molar refractivity (Wildman–Crippen MR) is 64.9 cm³/mol. The van der Waals surface area contributed by atoms with Gasteiger partial charge in [0.1, 0.15) is 0 Å². The zero-order chi connectivity index (χ0) is 12.3. The van der Waals surface area contributed by atoms with Crippen molar-refractivity contribution in [3.63, 3.8) is 0 Å². The van der Waals surface area contributed by atoms with Gasteiger partial charge < -0.3 is 10.2 Å². The summed E-state index contributed by atoms with van der Waals surface area (Å²) < 4.78 is 0. The quantitative estimate of drug-likeness (QED) is 0.718. The topological polar surface area (TPSA) is 60.8 Å². The molecule has 4 nitrogen and oxygen atoms in total. The van der Waals surface area contributed by atoms with Crippen molar-refractivity contribution in [2.45, 2.75) is 69.6 Å². The van der Waals surface area contributed by atoms with Crippen LogP contribution < -0.4 is 0 Å². The van der Waals surface area contributed by atoms with Crippen LogP contribution in [-0.2, 0) is 4.79 Å². The van der Waals surface area contributed by atoms with Crippen molar-refractivity contribution in [2.75, 3.05) is 6.54 Å². The maximum Gasteiger partial charge on any atom is 0.304 e. The van der Waals surface area contributed by atoms with E-state index in [0.717, 1.165) is 25.7 Å². The highest BCUT2D eigenvalue weighted by atomic mass is 16.4. The van der Waals surface area contributed by atoms with Crippen molar-refractivity contribution >= 4 is 5.97 Å². The number of aliphatic hydroxyl groups is 1. The third-order valence-corrected chi connectivity index (χ3v) is 3.97. The highest BCUT2D eigenvalue weighted by Crippen LogP contribution is 2.33. The number of carboxylic acid groups (broad SMARTS) is 1. The standard InChI is InChI=1S/C13H23NO3/c15-12-5-3-1-2-4-11(12)14(10-6-7-10)9-8-13(16)17/h10-12,15H,1-9H2,(H,16,17). The molecule has 2 aliphatic rings. The predicted octanol–water partition coefficient (Wildman–Crippen LogP) is 1.62. The van der Waals surface area contributed by atoms with Crippen LogP contribution in [0.4, 0.5) is 0 Å². The average Bonchev–Trinajstić information content (AvgIpc) is 3.08. The molecule has 2 saturated carbocycles. The molecule has 0 aromatic heterocycles. The molecule has 0 aromatic carbocycles. The summed E-state index contributed by atoms with van der Waals surface area (Å²) in [4.78, 5) is 13.0. The normalized spacial score (nSPS) is 30.2. The summed E-state index contributed by atoms with van der Waals surface area (Å²) in [7, 11) is 0. The first kappa shape index (κ1) is 12.8. The summed E-state index contributed by atoms with van der Waals surface area (Å²) in [6.07, 6.45) is 7.65. The van der Waals surface area contributed by atoms with Crippen LogP contribution in [0.25, 0.3) is 0 Å². The van der Waals surface area contributed by atoms with Gasteiger partial charge in [0, 0.05) is 18.6 Å². The molecule has 2 N–H and O–H groups in total. The Labute approximate surface area is 103 Å². The molecule has 0 amide bonds. The van der Waals surface area contributed by atoms with Gasteiger partial charge in [-0.3, -0.25) is 9.69 Å². The van der Waals surface area contributed by atoms with E-state index in [1.807, 2.05) is 0 Å². The molecule has 2 rings (SSSR count). The summed E-state index contributed by atoms with van der Waals surface area (Å²) >= 11 is 0. The fourth-order valence-electron chi connectivity index (χ4n) is 2.91. The molecule has 2 unspecified atom stereocenters. The van der Waals surface area contributed by atoms with E-state index in [-0.39, 0.29) is 18.6 Å². The molecule has 0 radical (unpaired) electrons. The molecule has 0 aromatic rings. The third kappa shape index (κ3) is 3.68. The number of rotatable bonds is 5. The van der Waals surface area contributed by atoms with Crippen LogP contribution in [0.2, 0.25) is 0 Å². The fourth-order valence-corrected chi connectivity index (χ4v) is 2.91. The van der Waals surface area contributed by atoms with Gasteiger partial charge in [0.15, 0.2) is 0 Å². The van der Waals surface area contributed by atoms with Gasteiger partial charge in [-0.15, -0.1) is 0 Å². The van der Waals surface area contributed by atoms with Gasteiger partial charge in [0.2, 0.25) is 0 Å². The van der Waals surface area contributed by atoms with Gasteiger partial charge in [-0.1, -0.05) is 19.3 Å². The van der Waals surface area contributed by atoms with Crippen molar-refractivity contribution < 1.29 is 15.0 Å². The Morgan fingerprint density at radius 3 is 2.47 bits per heavy atom. The highest BCUT2D eigenvalue weighted by molar-refractivity contribution is 5.66. The highest BCUT2D eigenvalue weighted by Gasteiger charge is 2.37. The number of carboxylic acids is 1. The molecule has 2 atom stereocenters. The molecular weight excluding hydrogens is 218 g/mol. The van der Waals surface area contributed by atoms with Gasteiger partial charge in [-0.25, -0.2) is 0 Å².